The van der Waals surface area contributed by atoms with E-state index in [-0.39, 0.29) is 5.91 Å². The Morgan fingerprint density at radius 3 is 2.94 bits per heavy atom. The van der Waals surface area contributed by atoms with E-state index < -0.39 is 0 Å². The molecule has 0 fully saturated rings. The summed E-state index contributed by atoms with van der Waals surface area (Å²) in [6.45, 7) is 0.473. The Morgan fingerprint density at radius 2 is 2.38 bits per heavy atom. The van der Waals surface area contributed by atoms with Crippen molar-refractivity contribution in [1.82, 2.24) is 14.7 Å². The molecular weight excluding hydrogens is 206 g/mol. The molecule has 2 rings (SSSR count). The summed E-state index contributed by atoms with van der Waals surface area (Å²) in [7, 11) is 3.57. The molecule has 16 heavy (non-hydrogen) atoms. The van der Waals surface area contributed by atoms with Crippen molar-refractivity contribution in [2.75, 3.05) is 7.05 Å². The molecule has 5 heteroatoms. The standard InChI is InChI=1S/C11H13N3O2/c1-13(8-9-5-6-14(2)12-9)11(15)10-4-3-7-16-10/h3-7H,8H2,1-2H3. The minimum absolute atomic E-state index is 0.143. The first-order valence-corrected chi connectivity index (χ1v) is 4.94. The van der Waals surface area contributed by atoms with Gasteiger partial charge in [-0.15, -0.1) is 0 Å². The van der Waals surface area contributed by atoms with Crippen molar-refractivity contribution in [3.63, 3.8) is 0 Å². The number of rotatable bonds is 3. The highest BCUT2D eigenvalue weighted by Crippen LogP contribution is 2.07. The number of hydrogen-bond acceptors (Lipinski definition) is 3. The van der Waals surface area contributed by atoms with Crippen molar-refractivity contribution in [2.45, 2.75) is 6.54 Å². The Labute approximate surface area is 93.3 Å². The summed E-state index contributed by atoms with van der Waals surface area (Å²) in [5, 5.41) is 4.21. The van der Waals surface area contributed by atoms with Gasteiger partial charge >= 0.3 is 0 Å². The average molecular weight is 219 g/mol. The van der Waals surface area contributed by atoms with Crippen LogP contribution in [-0.4, -0.2) is 27.6 Å². The first kappa shape index (κ1) is 10.5. The molecule has 1 amide bonds. The van der Waals surface area contributed by atoms with Crippen LogP contribution in [0.25, 0.3) is 0 Å². The molecule has 0 radical (unpaired) electrons. The fraction of sp³-hybridized carbons (Fsp3) is 0.273. The highest BCUT2D eigenvalue weighted by atomic mass is 16.3. The Balaban J connectivity index is 2.03. The highest BCUT2D eigenvalue weighted by molar-refractivity contribution is 5.91. The number of furan rings is 1. The van der Waals surface area contributed by atoms with Crippen LogP contribution in [0.4, 0.5) is 0 Å². The predicted molar refractivity (Wildman–Crippen MR) is 57.7 cm³/mol. The number of carbonyl (C=O) groups is 1. The van der Waals surface area contributed by atoms with Crippen LogP contribution in [0.5, 0.6) is 0 Å². The molecule has 0 atom stereocenters. The minimum atomic E-state index is -0.143. The van der Waals surface area contributed by atoms with E-state index in [0.29, 0.717) is 12.3 Å². The molecule has 0 aliphatic rings. The zero-order valence-electron chi connectivity index (χ0n) is 9.25. The highest BCUT2D eigenvalue weighted by Gasteiger charge is 2.15. The van der Waals surface area contributed by atoms with Gasteiger partial charge in [-0.05, 0) is 18.2 Å². The number of aryl methyl sites for hydroxylation is 1. The lowest BCUT2D eigenvalue weighted by Crippen LogP contribution is -2.26. The van der Waals surface area contributed by atoms with Gasteiger partial charge in [0.2, 0.25) is 0 Å². The maximum absolute atomic E-state index is 11.8. The van der Waals surface area contributed by atoms with Crippen LogP contribution in [0.2, 0.25) is 0 Å². The lowest BCUT2D eigenvalue weighted by Gasteiger charge is -2.13. The summed E-state index contributed by atoms with van der Waals surface area (Å²) in [5.74, 6) is 0.203. The third-order valence-corrected chi connectivity index (χ3v) is 2.25. The van der Waals surface area contributed by atoms with Gasteiger partial charge in [0.15, 0.2) is 5.76 Å². The SMILES string of the molecule is CN(Cc1ccn(C)n1)C(=O)c1ccco1. The molecular formula is C11H13N3O2. The Morgan fingerprint density at radius 1 is 1.56 bits per heavy atom. The Hall–Kier alpha value is -2.04. The van der Waals surface area contributed by atoms with Crippen LogP contribution in [0.3, 0.4) is 0 Å². The first-order chi connectivity index (χ1) is 7.66. The van der Waals surface area contributed by atoms with E-state index in [2.05, 4.69) is 5.10 Å². The van der Waals surface area contributed by atoms with Crippen LogP contribution < -0.4 is 0 Å². The number of carbonyl (C=O) groups excluding carboxylic acids is 1. The monoisotopic (exact) mass is 219 g/mol. The molecule has 0 saturated carbocycles. The van der Waals surface area contributed by atoms with Crippen LogP contribution in [0, 0.1) is 0 Å². The normalized spacial score (nSPS) is 10.4. The van der Waals surface area contributed by atoms with E-state index in [1.54, 1.807) is 28.8 Å². The van der Waals surface area contributed by atoms with Gasteiger partial charge in [0.1, 0.15) is 0 Å². The smallest absolute Gasteiger partial charge is 0.289 e. The Kier molecular flexibility index (Phi) is 2.76. The topological polar surface area (TPSA) is 51.3 Å². The zero-order valence-corrected chi connectivity index (χ0v) is 9.25. The molecule has 2 heterocycles. The van der Waals surface area contributed by atoms with Gasteiger partial charge in [0, 0.05) is 20.3 Å². The van der Waals surface area contributed by atoms with Gasteiger partial charge < -0.3 is 9.32 Å². The van der Waals surface area contributed by atoms with E-state index in [0.717, 1.165) is 5.69 Å². The number of hydrogen-bond donors (Lipinski definition) is 0. The van der Waals surface area contributed by atoms with Gasteiger partial charge in [0.05, 0.1) is 18.5 Å². The second-order valence-electron chi connectivity index (χ2n) is 3.62. The quantitative estimate of drug-likeness (QED) is 0.781. The Bertz CT molecular complexity index is 473. The molecule has 5 nitrogen and oxygen atoms in total. The summed E-state index contributed by atoms with van der Waals surface area (Å²) in [6.07, 6.45) is 3.34. The maximum atomic E-state index is 11.8. The summed E-state index contributed by atoms with van der Waals surface area (Å²) in [6, 6.07) is 5.23. The van der Waals surface area contributed by atoms with Crippen LogP contribution >= 0.6 is 0 Å². The summed E-state index contributed by atoms with van der Waals surface area (Å²) < 4.78 is 6.75. The van der Waals surface area contributed by atoms with Gasteiger partial charge in [0.25, 0.3) is 5.91 Å². The van der Waals surface area contributed by atoms with Gasteiger partial charge in [-0.3, -0.25) is 9.48 Å². The number of aromatic nitrogens is 2. The first-order valence-electron chi connectivity index (χ1n) is 4.94. The maximum Gasteiger partial charge on any atom is 0.289 e. The largest absolute Gasteiger partial charge is 0.459 e. The molecule has 0 unspecified atom stereocenters. The van der Waals surface area contributed by atoms with Gasteiger partial charge in [-0.2, -0.15) is 5.10 Å². The van der Waals surface area contributed by atoms with Crippen LogP contribution in [0.1, 0.15) is 16.2 Å². The second-order valence-corrected chi connectivity index (χ2v) is 3.62. The summed E-state index contributed by atoms with van der Waals surface area (Å²) in [5.41, 5.74) is 0.852. The van der Waals surface area contributed by atoms with E-state index in [9.17, 15) is 4.79 Å². The molecule has 84 valence electrons. The van der Waals surface area contributed by atoms with Crippen molar-refractivity contribution >= 4 is 5.91 Å². The lowest BCUT2D eigenvalue weighted by molar-refractivity contribution is 0.0751. The molecule has 2 aromatic heterocycles. The number of amides is 1. The molecule has 0 bridgehead atoms. The molecule has 0 aromatic carbocycles. The van der Waals surface area contributed by atoms with Crippen LogP contribution in [-0.2, 0) is 13.6 Å². The van der Waals surface area contributed by atoms with Gasteiger partial charge in [-0.25, -0.2) is 0 Å². The predicted octanol–water partition coefficient (Wildman–Crippen LogP) is 1.29. The van der Waals surface area contributed by atoms with E-state index in [1.807, 2.05) is 19.3 Å². The summed E-state index contributed by atoms with van der Waals surface area (Å²) in [4.78, 5) is 13.4. The van der Waals surface area contributed by atoms with E-state index in [1.165, 1.54) is 6.26 Å². The second kappa shape index (κ2) is 4.22. The number of nitrogens with zero attached hydrogens (tertiary/aromatic N) is 3. The molecule has 0 saturated heterocycles. The van der Waals surface area contributed by atoms with E-state index >= 15 is 0 Å². The van der Waals surface area contributed by atoms with Crippen molar-refractivity contribution in [3.05, 3.63) is 42.1 Å². The van der Waals surface area contributed by atoms with Gasteiger partial charge in [-0.1, -0.05) is 0 Å². The summed E-state index contributed by atoms with van der Waals surface area (Å²) >= 11 is 0. The zero-order chi connectivity index (χ0) is 11.5. The minimum Gasteiger partial charge on any atom is -0.459 e. The van der Waals surface area contributed by atoms with Crippen LogP contribution in [0.15, 0.2) is 35.1 Å². The molecule has 0 spiro atoms. The molecule has 0 aliphatic carbocycles. The van der Waals surface area contributed by atoms with Crippen molar-refractivity contribution in [2.24, 2.45) is 7.05 Å². The molecule has 0 N–H and O–H groups in total. The lowest BCUT2D eigenvalue weighted by atomic mass is 10.3. The van der Waals surface area contributed by atoms with Crippen molar-refractivity contribution < 1.29 is 9.21 Å². The molecule has 2 aromatic rings. The fourth-order valence-electron chi connectivity index (χ4n) is 1.45. The third kappa shape index (κ3) is 2.13. The third-order valence-electron chi connectivity index (χ3n) is 2.25. The van der Waals surface area contributed by atoms with Crippen molar-refractivity contribution in [1.29, 1.82) is 0 Å². The van der Waals surface area contributed by atoms with E-state index in [4.69, 9.17) is 4.42 Å². The molecule has 0 aliphatic heterocycles. The average Bonchev–Trinajstić information content (AvgIpc) is 2.88. The van der Waals surface area contributed by atoms with Crippen molar-refractivity contribution in [3.8, 4) is 0 Å². The fourth-order valence-corrected chi connectivity index (χ4v) is 1.45.